The third kappa shape index (κ3) is 2.85. The summed E-state index contributed by atoms with van der Waals surface area (Å²) in [6.45, 7) is 3.45. The Kier molecular flexibility index (Phi) is 3.90. The molecule has 3 atom stereocenters. The Bertz CT molecular complexity index is 389. The fourth-order valence-corrected chi connectivity index (χ4v) is 3.89. The lowest BCUT2D eigenvalue weighted by Crippen LogP contribution is -2.42. The molecule has 0 aliphatic carbocycles. The molecule has 2 fully saturated rings. The minimum Gasteiger partial charge on any atom is -0.310 e. The smallest absolute Gasteiger partial charge is 0.0291 e. The second-order valence-corrected chi connectivity index (χ2v) is 6.43. The fraction of sp³-hybridized carbons (Fsp3) is 0.647. The molecule has 3 unspecified atom stereocenters. The molecule has 2 heterocycles. The zero-order chi connectivity index (χ0) is 13.2. The Labute approximate surface area is 117 Å². The molecule has 1 aromatic rings. The maximum Gasteiger partial charge on any atom is 0.0291 e. The minimum atomic E-state index is 0.471. The normalized spacial score (nSPS) is 32.4. The van der Waals surface area contributed by atoms with E-state index in [1.807, 2.05) is 0 Å². The van der Waals surface area contributed by atoms with Crippen LogP contribution < -0.4 is 5.32 Å². The molecule has 0 amide bonds. The number of hydrogen-bond donors (Lipinski definition) is 1. The first-order valence-electron chi connectivity index (χ1n) is 7.74. The van der Waals surface area contributed by atoms with Crippen LogP contribution in [-0.2, 0) is 0 Å². The largest absolute Gasteiger partial charge is 0.310 e. The van der Waals surface area contributed by atoms with Gasteiger partial charge in [-0.3, -0.25) is 0 Å². The van der Waals surface area contributed by atoms with Crippen molar-refractivity contribution in [1.82, 2.24) is 10.2 Å². The average molecular weight is 258 g/mol. The number of piperidine rings is 1. The highest BCUT2D eigenvalue weighted by atomic mass is 15.2. The van der Waals surface area contributed by atoms with Gasteiger partial charge in [0.25, 0.3) is 0 Å². The Balaban J connectivity index is 1.51. The molecular formula is C17H26N2. The molecular weight excluding hydrogens is 232 g/mol. The van der Waals surface area contributed by atoms with E-state index >= 15 is 0 Å². The predicted octanol–water partition coefficient (Wildman–Crippen LogP) is 3.21. The summed E-state index contributed by atoms with van der Waals surface area (Å²) in [5, 5.41) is 3.73. The zero-order valence-electron chi connectivity index (χ0n) is 12.2. The predicted molar refractivity (Wildman–Crippen MR) is 80.2 cm³/mol. The number of nitrogens with zero attached hydrogens (tertiary/aromatic N) is 1. The van der Waals surface area contributed by atoms with Crippen molar-refractivity contribution < 1.29 is 0 Å². The van der Waals surface area contributed by atoms with Crippen LogP contribution in [0.3, 0.4) is 0 Å². The van der Waals surface area contributed by atoms with Crippen LogP contribution in [0.5, 0.6) is 0 Å². The molecule has 2 aliphatic heterocycles. The molecule has 0 spiro atoms. The van der Waals surface area contributed by atoms with Crippen LogP contribution in [0.25, 0.3) is 0 Å². The van der Waals surface area contributed by atoms with Gasteiger partial charge in [0, 0.05) is 18.1 Å². The van der Waals surface area contributed by atoms with Crippen molar-refractivity contribution in [1.29, 1.82) is 0 Å². The number of hydrogen-bond acceptors (Lipinski definition) is 2. The maximum absolute atomic E-state index is 3.73. The molecule has 3 rings (SSSR count). The highest BCUT2D eigenvalue weighted by molar-refractivity contribution is 5.18. The topological polar surface area (TPSA) is 15.3 Å². The van der Waals surface area contributed by atoms with Gasteiger partial charge >= 0.3 is 0 Å². The molecule has 1 N–H and O–H groups in total. The maximum atomic E-state index is 3.73. The number of rotatable bonds is 4. The Hall–Kier alpha value is -0.860. The number of fused-ring (bicyclic) bond motifs is 2. The van der Waals surface area contributed by atoms with Gasteiger partial charge in [-0.1, -0.05) is 30.3 Å². The van der Waals surface area contributed by atoms with E-state index in [4.69, 9.17) is 0 Å². The number of nitrogens with one attached hydrogen (secondary N) is 1. The molecule has 0 radical (unpaired) electrons. The minimum absolute atomic E-state index is 0.471. The first-order valence-corrected chi connectivity index (χ1v) is 7.74. The third-order valence-electron chi connectivity index (χ3n) is 5.21. The Morgan fingerprint density at radius 3 is 2.42 bits per heavy atom. The molecule has 19 heavy (non-hydrogen) atoms. The van der Waals surface area contributed by atoms with Gasteiger partial charge in [0.2, 0.25) is 0 Å². The van der Waals surface area contributed by atoms with Crippen LogP contribution in [0.1, 0.15) is 44.2 Å². The van der Waals surface area contributed by atoms with Gasteiger partial charge in [-0.2, -0.15) is 0 Å². The second kappa shape index (κ2) is 5.64. The lowest BCUT2D eigenvalue weighted by atomic mass is 9.90. The van der Waals surface area contributed by atoms with E-state index in [2.05, 4.69) is 54.5 Å². The lowest BCUT2D eigenvalue weighted by Gasteiger charge is -2.36. The summed E-state index contributed by atoms with van der Waals surface area (Å²) >= 11 is 0. The molecule has 104 valence electrons. The SMILES string of the molecule is CC(NCC1CC2CCC(C1)N2C)c1ccccc1. The Morgan fingerprint density at radius 2 is 1.79 bits per heavy atom. The second-order valence-electron chi connectivity index (χ2n) is 6.43. The lowest BCUT2D eigenvalue weighted by molar-refractivity contribution is 0.131. The number of benzene rings is 1. The molecule has 2 bridgehead atoms. The highest BCUT2D eigenvalue weighted by Crippen LogP contribution is 2.37. The van der Waals surface area contributed by atoms with Gasteiger partial charge in [-0.15, -0.1) is 0 Å². The Morgan fingerprint density at radius 1 is 1.16 bits per heavy atom. The molecule has 2 nitrogen and oxygen atoms in total. The summed E-state index contributed by atoms with van der Waals surface area (Å²) in [4.78, 5) is 2.62. The molecule has 2 saturated heterocycles. The fourth-order valence-electron chi connectivity index (χ4n) is 3.89. The van der Waals surface area contributed by atoms with Crippen molar-refractivity contribution in [2.45, 2.75) is 50.7 Å². The summed E-state index contributed by atoms with van der Waals surface area (Å²) in [5.41, 5.74) is 1.40. The van der Waals surface area contributed by atoms with Crippen molar-refractivity contribution in [2.24, 2.45) is 5.92 Å². The average Bonchev–Trinajstić information content (AvgIpc) is 2.68. The van der Waals surface area contributed by atoms with Crippen LogP contribution in [0.4, 0.5) is 0 Å². The third-order valence-corrected chi connectivity index (χ3v) is 5.21. The van der Waals surface area contributed by atoms with E-state index in [1.54, 1.807) is 0 Å². The summed E-state index contributed by atoms with van der Waals surface area (Å²) < 4.78 is 0. The summed E-state index contributed by atoms with van der Waals surface area (Å²) in [6.07, 6.45) is 5.63. The molecule has 0 aromatic heterocycles. The van der Waals surface area contributed by atoms with Crippen LogP contribution in [-0.4, -0.2) is 30.6 Å². The van der Waals surface area contributed by atoms with E-state index < -0.39 is 0 Å². The van der Waals surface area contributed by atoms with Crippen LogP contribution in [0.15, 0.2) is 30.3 Å². The van der Waals surface area contributed by atoms with Crippen LogP contribution in [0, 0.1) is 5.92 Å². The van der Waals surface area contributed by atoms with Crippen LogP contribution in [0.2, 0.25) is 0 Å². The van der Waals surface area contributed by atoms with E-state index in [0.29, 0.717) is 6.04 Å². The van der Waals surface area contributed by atoms with Crippen molar-refractivity contribution >= 4 is 0 Å². The van der Waals surface area contributed by atoms with Gasteiger partial charge in [0.1, 0.15) is 0 Å². The molecule has 0 saturated carbocycles. The first kappa shape index (κ1) is 13.1. The van der Waals surface area contributed by atoms with E-state index in [9.17, 15) is 0 Å². The standard InChI is InChI=1S/C17H26N2/c1-13(15-6-4-3-5-7-15)18-12-14-10-16-8-9-17(11-14)19(16)2/h3-7,13-14,16-18H,8-12H2,1-2H3. The van der Waals surface area contributed by atoms with Crippen LogP contribution >= 0.6 is 0 Å². The monoisotopic (exact) mass is 258 g/mol. The van der Waals surface area contributed by atoms with E-state index in [-0.39, 0.29) is 0 Å². The van der Waals surface area contributed by atoms with E-state index in [0.717, 1.165) is 18.0 Å². The van der Waals surface area contributed by atoms with Gasteiger partial charge < -0.3 is 10.2 Å². The molecule has 2 heteroatoms. The highest BCUT2D eigenvalue weighted by Gasteiger charge is 2.38. The van der Waals surface area contributed by atoms with Gasteiger partial charge in [0.05, 0.1) is 0 Å². The van der Waals surface area contributed by atoms with Crippen molar-refractivity contribution in [3.05, 3.63) is 35.9 Å². The summed E-state index contributed by atoms with van der Waals surface area (Å²) in [7, 11) is 2.32. The van der Waals surface area contributed by atoms with E-state index in [1.165, 1.54) is 37.8 Å². The van der Waals surface area contributed by atoms with Gasteiger partial charge in [-0.25, -0.2) is 0 Å². The van der Waals surface area contributed by atoms with Gasteiger partial charge in [0.15, 0.2) is 0 Å². The quantitative estimate of drug-likeness (QED) is 0.892. The molecule has 2 aliphatic rings. The zero-order valence-corrected chi connectivity index (χ0v) is 12.2. The van der Waals surface area contributed by atoms with Crippen molar-refractivity contribution in [2.75, 3.05) is 13.6 Å². The summed E-state index contributed by atoms with van der Waals surface area (Å²) in [5.74, 6) is 0.875. The van der Waals surface area contributed by atoms with Crippen molar-refractivity contribution in [3.8, 4) is 0 Å². The summed E-state index contributed by atoms with van der Waals surface area (Å²) in [6, 6.07) is 13.0. The van der Waals surface area contributed by atoms with Gasteiger partial charge in [-0.05, 0) is 57.7 Å². The first-order chi connectivity index (χ1) is 9.24. The molecule has 1 aromatic carbocycles. The van der Waals surface area contributed by atoms with Crippen molar-refractivity contribution in [3.63, 3.8) is 0 Å².